The number of hydrogen-bond donors (Lipinski definition) is 2. The van der Waals surface area contributed by atoms with Crippen molar-refractivity contribution in [3.63, 3.8) is 0 Å². The highest BCUT2D eigenvalue weighted by Crippen LogP contribution is 2.42. The van der Waals surface area contributed by atoms with E-state index < -0.39 is 5.97 Å². The van der Waals surface area contributed by atoms with Crippen molar-refractivity contribution < 1.29 is 19.7 Å². The summed E-state index contributed by atoms with van der Waals surface area (Å²) in [5.41, 5.74) is 2.05. The highest BCUT2D eigenvalue weighted by atomic mass is 35.5. The van der Waals surface area contributed by atoms with E-state index in [2.05, 4.69) is 4.74 Å². The van der Waals surface area contributed by atoms with E-state index in [9.17, 15) is 15.0 Å². The predicted octanol–water partition coefficient (Wildman–Crippen LogP) is 3.71. The number of halogens is 2. The summed E-state index contributed by atoms with van der Waals surface area (Å²) < 4.78 is 4.65. The van der Waals surface area contributed by atoms with Crippen molar-refractivity contribution >= 4 is 34.9 Å². The van der Waals surface area contributed by atoms with Crippen LogP contribution in [-0.4, -0.2) is 23.3 Å². The van der Waals surface area contributed by atoms with Gasteiger partial charge in [-0.25, -0.2) is 4.79 Å². The highest BCUT2D eigenvalue weighted by Gasteiger charge is 2.28. The second kappa shape index (κ2) is 5.83. The van der Waals surface area contributed by atoms with Crippen molar-refractivity contribution in [2.24, 2.45) is 0 Å². The number of carbonyl (C=O) groups is 1. The fourth-order valence-corrected chi connectivity index (χ4v) is 3.18. The molecule has 7 heteroatoms. The second-order valence-corrected chi connectivity index (χ2v) is 6.05. The van der Waals surface area contributed by atoms with Gasteiger partial charge in [0.1, 0.15) is 11.3 Å². The lowest BCUT2D eigenvalue weighted by Gasteiger charge is -2.20. The molecule has 0 amide bonds. The van der Waals surface area contributed by atoms with Crippen LogP contribution >= 0.6 is 23.2 Å². The minimum atomic E-state index is -0.600. The molecule has 0 saturated heterocycles. The number of esters is 1. The molecule has 2 N–H and O–H groups in total. The molecule has 120 valence electrons. The zero-order chi connectivity index (χ0) is 16.7. The minimum Gasteiger partial charge on any atom is -0.507 e. The third kappa shape index (κ3) is 2.66. The molecule has 0 saturated carbocycles. The number of phenols is 2. The minimum absolute atomic E-state index is 0.0726. The van der Waals surface area contributed by atoms with Crippen LogP contribution < -0.4 is 4.90 Å². The summed E-state index contributed by atoms with van der Waals surface area (Å²) in [7, 11) is 1.26. The van der Waals surface area contributed by atoms with Crippen LogP contribution in [0.4, 0.5) is 5.69 Å². The number of benzene rings is 2. The first-order chi connectivity index (χ1) is 10.9. The standard InChI is InChI=1S/C16H13Cl2NO4/c1-23-16(22)10-3-2-8-6-19(7-11(8)14(10)20)13-5-9(17)4-12(18)15(13)21/h2-5,20-21H,6-7H2,1H3. The zero-order valence-electron chi connectivity index (χ0n) is 12.1. The molecular weight excluding hydrogens is 341 g/mol. The Morgan fingerprint density at radius 3 is 2.61 bits per heavy atom. The van der Waals surface area contributed by atoms with Gasteiger partial charge in [-0.3, -0.25) is 0 Å². The van der Waals surface area contributed by atoms with Gasteiger partial charge in [0.2, 0.25) is 0 Å². The van der Waals surface area contributed by atoms with Crippen LogP contribution in [0.5, 0.6) is 11.5 Å². The highest BCUT2D eigenvalue weighted by molar-refractivity contribution is 6.36. The molecule has 0 fully saturated rings. The SMILES string of the molecule is COC(=O)c1ccc2c(c1O)CN(c1cc(Cl)cc(Cl)c1O)C2. The van der Waals surface area contributed by atoms with Crippen molar-refractivity contribution in [2.45, 2.75) is 13.1 Å². The van der Waals surface area contributed by atoms with E-state index in [1.165, 1.54) is 19.2 Å². The van der Waals surface area contributed by atoms with Crippen LogP contribution in [-0.2, 0) is 17.8 Å². The van der Waals surface area contributed by atoms with Gasteiger partial charge in [0.15, 0.2) is 5.75 Å². The zero-order valence-corrected chi connectivity index (χ0v) is 13.6. The molecular formula is C16H13Cl2NO4. The van der Waals surface area contributed by atoms with Crippen molar-refractivity contribution in [1.29, 1.82) is 0 Å². The lowest BCUT2D eigenvalue weighted by Crippen LogP contribution is -2.14. The van der Waals surface area contributed by atoms with Crippen LogP contribution in [0.3, 0.4) is 0 Å². The summed E-state index contributed by atoms with van der Waals surface area (Å²) in [6.07, 6.45) is 0. The molecule has 0 spiro atoms. The van der Waals surface area contributed by atoms with Gasteiger partial charge in [-0.1, -0.05) is 29.3 Å². The Labute approximate surface area is 142 Å². The first-order valence-electron chi connectivity index (χ1n) is 6.77. The molecule has 2 aromatic rings. The number of methoxy groups -OCH3 is 1. The van der Waals surface area contributed by atoms with Crippen molar-refractivity contribution in [3.8, 4) is 11.5 Å². The number of nitrogens with zero attached hydrogens (tertiary/aromatic N) is 1. The topological polar surface area (TPSA) is 70.0 Å². The summed E-state index contributed by atoms with van der Waals surface area (Å²) in [6, 6.07) is 6.34. The number of fused-ring (bicyclic) bond motifs is 1. The van der Waals surface area contributed by atoms with Gasteiger partial charge in [0.05, 0.1) is 17.8 Å². The summed E-state index contributed by atoms with van der Waals surface area (Å²) in [5, 5.41) is 21.0. The summed E-state index contributed by atoms with van der Waals surface area (Å²) in [5.74, 6) is -0.779. The largest absolute Gasteiger partial charge is 0.507 e. The molecule has 0 aromatic heterocycles. The Bertz CT molecular complexity index is 807. The summed E-state index contributed by atoms with van der Waals surface area (Å²) >= 11 is 11.9. The first kappa shape index (κ1) is 15.8. The maximum Gasteiger partial charge on any atom is 0.341 e. The maximum atomic E-state index is 11.7. The second-order valence-electron chi connectivity index (χ2n) is 5.20. The van der Waals surface area contributed by atoms with Gasteiger partial charge in [0, 0.05) is 23.7 Å². The van der Waals surface area contributed by atoms with Crippen LogP contribution in [0.2, 0.25) is 10.0 Å². The quantitative estimate of drug-likeness (QED) is 0.805. The average Bonchev–Trinajstić information content (AvgIpc) is 2.95. The molecule has 5 nitrogen and oxygen atoms in total. The maximum absolute atomic E-state index is 11.7. The molecule has 0 atom stereocenters. The van der Waals surface area contributed by atoms with E-state index >= 15 is 0 Å². The molecule has 0 radical (unpaired) electrons. The lowest BCUT2D eigenvalue weighted by molar-refractivity contribution is 0.0597. The molecule has 1 aliphatic rings. The van der Waals surface area contributed by atoms with Gasteiger partial charge >= 0.3 is 5.97 Å². The molecule has 0 aliphatic carbocycles. The third-order valence-corrected chi connectivity index (χ3v) is 4.35. The van der Waals surface area contributed by atoms with Gasteiger partial charge in [-0.2, -0.15) is 0 Å². The Kier molecular flexibility index (Phi) is 4.00. The number of ether oxygens (including phenoxy) is 1. The first-order valence-corrected chi connectivity index (χ1v) is 7.53. The van der Waals surface area contributed by atoms with E-state index in [1.807, 2.05) is 4.90 Å². The van der Waals surface area contributed by atoms with E-state index in [4.69, 9.17) is 23.2 Å². The lowest BCUT2D eigenvalue weighted by atomic mass is 10.0. The monoisotopic (exact) mass is 353 g/mol. The molecule has 23 heavy (non-hydrogen) atoms. The van der Waals surface area contributed by atoms with Crippen molar-refractivity contribution in [3.05, 3.63) is 51.0 Å². The van der Waals surface area contributed by atoms with Crippen LogP contribution in [0, 0.1) is 0 Å². The number of aromatic hydroxyl groups is 2. The number of anilines is 1. The predicted molar refractivity (Wildman–Crippen MR) is 87.5 cm³/mol. The van der Waals surface area contributed by atoms with Crippen LogP contribution in [0.25, 0.3) is 0 Å². The molecule has 3 rings (SSSR count). The van der Waals surface area contributed by atoms with Gasteiger partial charge < -0.3 is 19.8 Å². The Morgan fingerprint density at radius 1 is 1.17 bits per heavy atom. The molecule has 0 unspecified atom stereocenters. The normalized spacial score (nSPS) is 13.1. The van der Waals surface area contributed by atoms with E-state index in [-0.39, 0.29) is 22.1 Å². The van der Waals surface area contributed by atoms with Crippen LogP contribution in [0.1, 0.15) is 21.5 Å². The van der Waals surface area contributed by atoms with Gasteiger partial charge in [-0.15, -0.1) is 0 Å². The van der Waals surface area contributed by atoms with Crippen molar-refractivity contribution in [2.75, 3.05) is 12.0 Å². The molecule has 2 aromatic carbocycles. The van der Waals surface area contributed by atoms with E-state index in [0.717, 1.165) is 5.56 Å². The average molecular weight is 354 g/mol. The van der Waals surface area contributed by atoms with Crippen LogP contribution in [0.15, 0.2) is 24.3 Å². The fourth-order valence-electron chi connectivity index (χ4n) is 2.69. The Balaban J connectivity index is 2.00. The number of carbonyl (C=O) groups excluding carboxylic acids is 1. The molecule has 1 heterocycles. The molecule has 1 aliphatic heterocycles. The smallest absolute Gasteiger partial charge is 0.341 e. The van der Waals surface area contributed by atoms with Crippen molar-refractivity contribution in [1.82, 2.24) is 0 Å². The summed E-state index contributed by atoms with van der Waals surface area (Å²) in [6.45, 7) is 0.769. The Morgan fingerprint density at radius 2 is 1.91 bits per heavy atom. The van der Waals surface area contributed by atoms with Gasteiger partial charge in [-0.05, 0) is 23.8 Å². The summed E-state index contributed by atoms with van der Waals surface area (Å²) in [4.78, 5) is 13.5. The van der Waals surface area contributed by atoms with E-state index in [0.29, 0.717) is 29.4 Å². The number of phenolic OH excluding ortho intramolecular Hbond substituents is 2. The molecule has 0 bridgehead atoms. The number of hydrogen-bond acceptors (Lipinski definition) is 5. The number of rotatable bonds is 2. The van der Waals surface area contributed by atoms with Gasteiger partial charge in [0.25, 0.3) is 0 Å². The van der Waals surface area contributed by atoms with E-state index in [1.54, 1.807) is 12.1 Å². The Hall–Kier alpha value is -2.11. The third-order valence-electron chi connectivity index (χ3n) is 3.84. The fraction of sp³-hybridized carbons (Fsp3) is 0.188.